The molecule has 9 rings (SSSR count). The molecule has 0 radical (unpaired) electrons. The molecular formula is C46H49N9O6. The van der Waals surface area contributed by atoms with Gasteiger partial charge in [-0.15, -0.1) is 0 Å². The Morgan fingerprint density at radius 2 is 1.69 bits per heavy atom. The van der Waals surface area contributed by atoms with Crippen molar-refractivity contribution in [2.24, 2.45) is 5.92 Å². The second-order valence-corrected chi connectivity index (χ2v) is 17.0. The molecule has 15 nitrogen and oxygen atoms in total. The highest BCUT2D eigenvalue weighted by Gasteiger charge is 2.45. The minimum Gasteiger partial charge on any atom is -0.490 e. The highest BCUT2D eigenvalue weighted by Crippen LogP contribution is 2.33. The monoisotopic (exact) mass is 823 g/mol. The van der Waals surface area contributed by atoms with Crippen molar-refractivity contribution >= 4 is 51.9 Å². The number of ether oxygens (including phenoxy) is 1. The molecule has 5 aliphatic rings. The second-order valence-electron chi connectivity index (χ2n) is 17.0. The number of benzene rings is 2. The second kappa shape index (κ2) is 16.9. The Morgan fingerprint density at radius 3 is 2.43 bits per heavy atom. The Balaban J connectivity index is 0.713. The molecule has 4 fully saturated rings. The molecule has 5 amide bonds. The summed E-state index contributed by atoms with van der Waals surface area (Å²) < 4.78 is 6.37. The summed E-state index contributed by atoms with van der Waals surface area (Å²) in [6, 6.07) is 18.1. The minimum atomic E-state index is -0.979. The number of nitrogens with one attached hydrogen (secondary N) is 2. The Hall–Kier alpha value is -6.40. The van der Waals surface area contributed by atoms with Gasteiger partial charge in [-0.1, -0.05) is 0 Å². The van der Waals surface area contributed by atoms with E-state index in [1.54, 1.807) is 30.6 Å². The fraction of sp³-hybridized carbons (Fsp3) is 0.435. The van der Waals surface area contributed by atoms with Crippen LogP contribution in [0.4, 0.5) is 11.5 Å². The number of amides is 5. The van der Waals surface area contributed by atoms with E-state index in [9.17, 15) is 29.2 Å². The van der Waals surface area contributed by atoms with Crippen LogP contribution in [0, 0.1) is 17.2 Å². The number of piperidine rings is 2. The largest absolute Gasteiger partial charge is 0.490 e. The Bertz CT molecular complexity index is 2420. The summed E-state index contributed by atoms with van der Waals surface area (Å²) in [5.74, 6) is 0.0686. The molecule has 1 aliphatic carbocycles. The van der Waals surface area contributed by atoms with Gasteiger partial charge in [-0.25, -0.2) is 4.98 Å². The molecule has 4 aromatic rings. The number of nitriles is 1. The lowest BCUT2D eigenvalue weighted by Crippen LogP contribution is -2.54. The molecule has 2 N–H and O–H groups in total. The first-order valence-electron chi connectivity index (χ1n) is 21.4. The highest BCUT2D eigenvalue weighted by atomic mass is 16.5. The Morgan fingerprint density at radius 1 is 0.885 bits per heavy atom. The van der Waals surface area contributed by atoms with Crippen molar-refractivity contribution < 1.29 is 28.7 Å². The van der Waals surface area contributed by atoms with E-state index >= 15 is 0 Å². The van der Waals surface area contributed by atoms with Crippen LogP contribution in [0.15, 0.2) is 67.0 Å². The van der Waals surface area contributed by atoms with Crippen LogP contribution in [0.25, 0.3) is 10.9 Å². The lowest BCUT2D eigenvalue weighted by molar-refractivity contribution is -0.136. The van der Waals surface area contributed by atoms with Crippen LogP contribution in [-0.4, -0.2) is 113 Å². The van der Waals surface area contributed by atoms with Gasteiger partial charge in [0.15, 0.2) is 0 Å². The molecule has 0 bridgehead atoms. The van der Waals surface area contributed by atoms with Crippen molar-refractivity contribution in [3.8, 4) is 11.8 Å². The predicted octanol–water partition coefficient (Wildman–Crippen LogP) is 4.45. The normalized spacial score (nSPS) is 23.8. The first kappa shape index (κ1) is 40.0. The van der Waals surface area contributed by atoms with Gasteiger partial charge in [0.25, 0.3) is 17.7 Å². The maximum absolute atomic E-state index is 13.4. The van der Waals surface area contributed by atoms with Gasteiger partial charge in [0.2, 0.25) is 11.8 Å². The van der Waals surface area contributed by atoms with Crippen molar-refractivity contribution in [1.29, 1.82) is 5.26 Å². The Kier molecular flexibility index (Phi) is 11.1. The van der Waals surface area contributed by atoms with Gasteiger partial charge in [0.1, 0.15) is 23.7 Å². The summed E-state index contributed by atoms with van der Waals surface area (Å²) in [5, 5.41) is 15.7. The molecular weight excluding hydrogens is 775 g/mol. The number of aromatic nitrogens is 2. The molecule has 4 aliphatic heterocycles. The van der Waals surface area contributed by atoms with Gasteiger partial charge < -0.3 is 19.9 Å². The van der Waals surface area contributed by atoms with Crippen molar-refractivity contribution in [2.45, 2.75) is 82.5 Å². The van der Waals surface area contributed by atoms with E-state index in [1.165, 1.54) is 0 Å². The fourth-order valence-corrected chi connectivity index (χ4v) is 9.65. The van der Waals surface area contributed by atoms with E-state index < -0.39 is 29.7 Å². The summed E-state index contributed by atoms with van der Waals surface area (Å²) in [6.07, 6.45) is 8.95. The molecule has 2 aromatic carbocycles. The van der Waals surface area contributed by atoms with Gasteiger partial charge in [0.05, 0.1) is 33.9 Å². The lowest BCUT2D eigenvalue weighted by atomic mass is 9.92. The van der Waals surface area contributed by atoms with Crippen LogP contribution in [-0.2, 0) is 9.59 Å². The number of rotatable bonds is 9. The summed E-state index contributed by atoms with van der Waals surface area (Å²) in [6.45, 7) is 7.48. The van der Waals surface area contributed by atoms with E-state index in [-0.39, 0.29) is 36.9 Å². The van der Waals surface area contributed by atoms with E-state index in [4.69, 9.17) is 9.72 Å². The number of piperazine rings is 1. The smallest absolute Gasteiger partial charge is 0.262 e. The van der Waals surface area contributed by atoms with E-state index in [1.807, 2.05) is 36.4 Å². The zero-order valence-corrected chi connectivity index (χ0v) is 34.2. The van der Waals surface area contributed by atoms with Gasteiger partial charge in [-0.05, 0) is 112 Å². The zero-order valence-electron chi connectivity index (χ0n) is 34.2. The molecule has 15 heteroatoms. The summed E-state index contributed by atoms with van der Waals surface area (Å²) >= 11 is 0. The van der Waals surface area contributed by atoms with Crippen molar-refractivity contribution in [3.63, 3.8) is 0 Å². The van der Waals surface area contributed by atoms with Crippen LogP contribution >= 0.6 is 0 Å². The average Bonchev–Trinajstić information content (AvgIpc) is 3.53. The molecule has 2 atom stereocenters. The molecule has 6 heterocycles. The average molecular weight is 824 g/mol. The summed E-state index contributed by atoms with van der Waals surface area (Å²) in [7, 11) is 0. The van der Waals surface area contributed by atoms with Gasteiger partial charge in [-0.3, -0.25) is 44.1 Å². The first-order chi connectivity index (χ1) is 29.6. The molecule has 1 saturated carbocycles. The quantitative estimate of drug-likeness (QED) is 0.227. The number of pyridine rings is 2. The van der Waals surface area contributed by atoms with Crippen LogP contribution in [0.5, 0.6) is 5.75 Å². The minimum absolute atomic E-state index is 0.0254. The SMILES string of the molecule is C[C@@H]1CN(c2ccc3c(c2)C(=O)N(C2CCC(=O)NC2=O)C3=O)CCN1CC1CCN(c2ccc(C(=O)NC3CCC(Oc4ccc(C#N)c5ncccc45)CC3)cn2)CC1. The maximum atomic E-state index is 13.4. The maximum Gasteiger partial charge on any atom is 0.262 e. The number of nitrogens with zero attached hydrogens (tertiary/aromatic N) is 7. The Labute approximate surface area is 354 Å². The number of carbonyl (C=O) groups is 5. The van der Waals surface area contributed by atoms with Gasteiger partial charge in [-0.2, -0.15) is 5.26 Å². The number of anilines is 2. The number of hydrogen-bond acceptors (Lipinski definition) is 12. The topological polar surface area (TPSA) is 181 Å². The van der Waals surface area contributed by atoms with Gasteiger partial charge >= 0.3 is 0 Å². The predicted molar refractivity (Wildman–Crippen MR) is 226 cm³/mol. The number of hydrogen-bond donors (Lipinski definition) is 2. The molecule has 0 spiro atoms. The molecule has 314 valence electrons. The number of imide groups is 2. The fourth-order valence-electron chi connectivity index (χ4n) is 9.65. The van der Waals surface area contributed by atoms with E-state index in [0.29, 0.717) is 33.7 Å². The van der Waals surface area contributed by atoms with Gasteiger partial charge in [0, 0.05) is 81.2 Å². The summed E-state index contributed by atoms with van der Waals surface area (Å²) in [4.78, 5) is 81.1. The molecule has 3 saturated heterocycles. The van der Waals surface area contributed by atoms with Crippen LogP contribution in [0.2, 0.25) is 0 Å². The van der Waals surface area contributed by atoms with Crippen LogP contribution < -0.4 is 25.2 Å². The van der Waals surface area contributed by atoms with Crippen molar-refractivity contribution in [1.82, 2.24) is 30.4 Å². The van der Waals surface area contributed by atoms with Crippen molar-refractivity contribution in [2.75, 3.05) is 49.1 Å². The lowest BCUT2D eigenvalue weighted by Gasteiger charge is -2.43. The number of carbonyl (C=O) groups excluding carboxylic acids is 5. The standard InChI is InChI=1S/C46H49N9O6/c1-28-26-54(33-8-11-35-37(23-33)46(60)55(45(35)59)38-12-15-41(56)51-44(38)58)22-21-53(28)27-29-16-19-52(20-17-29)40-14-5-31(25-49-40)43(57)50-32-6-9-34(10-7-32)61-39-13-4-30(24-47)42-36(39)3-2-18-48-42/h2-5,8,11,13-14,18,23,25,28-29,32,34,38H,6-7,9-10,12,15-17,19-22,26-27H2,1H3,(H,50,57)(H,51,56,58)/t28-,32?,34?,38?/m1/s1. The summed E-state index contributed by atoms with van der Waals surface area (Å²) in [5.41, 5.74) is 3.19. The highest BCUT2D eigenvalue weighted by molar-refractivity contribution is 6.23. The molecule has 1 unspecified atom stereocenters. The van der Waals surface area contributed by atoms with E-state index in [0.717, 1.165) is 105 Å². The molecule has 2 aromatic heterocycles. The van der Waals surface area contributed by atoms with Crippen LogP contribution in [0.3, 0.4) is 0 Å². The number of fused-ring (bicyclic) bond motifs is 2. The zero-order chi connectivity index (χ0) is 42.2. The van der Waals surface area contributed by atoms with E-state index in [2.05, 4.69) is 43.3 Å². The third-order valence-electron chi connectivity index (χ3n) is 13.1. The van der Waals surface area contributed by atoms with Crippen LogP contribution in [0.1, 0.15) is 94.9 Å². The molecule has 61 heavy (non-hydrogen) atoms. The first-order valence-corrected chi connectivity index (χ1v) is 21.4. The van der Waals surface area contributed by atoms with Crippen molar-refractivity contribution in [3.05, 3.63) is 89.2 Å². The third kappa shape index (κ3) is 8.12. The third-order valence-corrected chi connectivity index (χ3v) is 13.1.